The largest absolute Gasteiger partial charge is 0.434 e. The molecule has 4 aromatic rings. The normalized spacial score (nSPS) is 10.9. The van der Waals surface area contributed by atoms with Crippen LogP contribution >= 0.6 is 0 Å². The van der Waals surface area contributed by atoms with Gasteiger partial charge in [-0.1, -0.05) is 18.2 Å². The fourth-order valence-corrected chi connectivity index (χ4v) is 3.48. The second-order valence-corrected chi connectivity index (χ2v) is 7.70. The second-order valence-electron chi connectivity index (χ2n) is 7.70. The summed E-state index contributed by atoms with van der Waals surface area (Å²) in [6.45, 7) is -3.16. The Hall–Kier alpha value is -4.67. The first kappa shape index (κ1) is 24.5. The quantitative estimate of drug-likeness (QED) is 0.404. The van der Waals surface area contributed by atoms with Gasteiger partial charge in [-0.05, 0) is 36.4 Å². The van der Waals surface area contributed by atoms with Crippen molar-refractivity contribution in [3.63, 3.8) is 0 Å². The number of pyridine rings is 1. The summed E-state index contributed by atoms with van der Waals surface area (Å²) < 4.78 is 44.7. The van der Waals surface area contributed by atoms with Gasteiger partial charge in [0, 0.05) is 42.5 Å². The van der Waals surface area contributed by atoms with E-state index in [2.05, 4.69) is 20.0 Å². The number of nitrogens with zero attached hydrogens (tertiary/aromatic N) is 3. The number of hydrogen-bond donors (Lipinski definition) is 2. The predicted octanol–water partition coefficient (Wildman–Crippen LogP) is 3.76. The Morgan fingerprint density at radius 3 is 2.39 bits per heavy atom. The first-order valence-corrected chi connectivity index (χ1v) is 10.6. The zero-order valence-corrected chi connectivity index (χ0v) is 18.9. The number of amides is 1. The van der Waals surface area contributed by atoms with Crippen LogP contribution in [0.2, 0.25) is 0 Å². The molecular weight excluding hydrogens is 475 g/mol. The monoisotopic (exact) mass is 495 g/mol. The van der Waals surface area contributed by atoms with E-state index in [4.69, 9.17) is 5.73 Å². The summed E-state index contributed by atoms with van der Waals surface area (Å²) in [6.07, 6.45) is 1.52. The summed E-state index contributed by atoms with van der Waals surface area (Å²) in [5.74, 6) is -1.43. The molecule has 0 spiro atoms. The van der Waals surface area contributed by atoms with E-state index in [1.54, 1.807) is 13.1 Å². The van der Waals surface area contributed by atoms with Gasteiger partial charge in [0.2, 0.25) is 5.56 Å². The second kappa shape index (κ2) is 10.3. The van der Waals surface area contributed by atoms with Gasteiger partial charge in [-0.25, -0.2) is 14.4 Å². The number of nitrogens with two attached hydrogens (primary N) is 1. The van der Waals surface area contributed by atoms with Crippen molar-refractivity contribution >= 4 is 11.7 Å². The highest BCUT2D eigenvalue weighted by molar-refractivity contribution is 5.98. The van der Waals surface area contributed by atoms with Crippen LogP contribution in [0, 0.1) is 5.82 Å². The molecule has 0 bridgehead atoms. The van der Waals surface area contributed by atoms with E-state index in [9.17, 15) is 22.8 Å². The van der Waals surface area contributed by atoms with Crippen LogP contribution in [0.1, 0.15) is 16.1 Å². The van der Waals surface area contributed by atoms with Crippen LogP contribution in [0.3, 0.4) is 0 Å². The number of aromatic nitrogens is 3. The van der Waals surface area contributed by atoms with E-state index < -0.39 is 18.3 Å². The number of para-hydroxylation sites is 1. The molecule has 0 saturated carbocycles. The lowest BCUT2D eigenvalue weighted by atomic mass is 10.0. The van der Waals surface area contributed by atoms with Crippen molar-refractivity contribution in [3.8, 4) is 28.3 Å². The van der Waals surface area contributed by atoms with E-state index >= 15 is 0 Å². The van der Waals surface area contributed by atoms with Gasteiger partial charge in [-0.15, -0.1) is 0 Å². The molecule has 184 valence electrons. The number of halogens is 3. The number of carbonyl (C=O) groups excluding carboxylic acids is 1. The van der Waals surface area contributed by atoms with Crippen molar-refractivity contribution in [2.45, 2.75) is 13.2 Å². The number of hydrogen-bond acceptors (Lipinski definition) is 6. The minimum atomic E-state index is -3.02. The van der Waals surface area contributed by atoms with E-state index in [-0.39, 0.29) is 40.8 Å². The Kier molecular flexibility index (Phi) is 7.00. The highest BCUT2D eigenvalue weighted by Gasteiger charge is 2.21. The summed E-state index contributed by atoms with van der Waals surface area (Å²) >= 11 is 0. The van der Waals surface area contributed by atoms with Gasteiger partial charge in [-0.2, -0.15) is 8.78 Å². The van der Waals surface area contributed by atoms with Gasteiger partial charge in [0.25, 0.3) is 5.91 Å². The maximum absolute atomic E-state index is 13.5. The third-order valence-electron chi connectivity index (χ3n) is 5.24. The molecule has 2 aromatic carbocycles. The number of alkyl halides is 2. The maximum atomic E-state index is 13.5. The minimum absolute atomic E-state index is 0.0793. The number of ether oxygens (including phenoxy) is 1. The fraction of sp³-hybridized carbons (Fsp3) is 0.120. The molecule has 8 nitrogen and oxygen atoms in total. The highest BCUT2D eigenvalue weighted by atomic mass is 19.3. The van der Waals surface area contributed by atoms with Crippen molar-refractivity contribution in [2.24, 2.45) is 7.05 Å². The summed E-state index contributed by atoms with van der Waals surface area (Å²) in [4.78, 5) is 33.7. The lowest BCUT2D eigenvalue weighted by Gasteiger charge is -2.14. The molecule has 0 radical (unpaired) electrons. The summed E-state index contributed by atoms with van der Waals surface area (Å²) in [5, 5.41) is 2.58. The summed E-state index contributed by atoms with van der Waals surface area (Å²) in [7, 11) is 1.56. The molecule has 0 unspecified atom stereocenters. The van der Waals surface area contributed by atoms with E-state index in [0.717, 1.165) is 0 Å². The van der Waals surface area contributed by atoms with Gasteiger partial charge >= 0.3 is 6.61 Å². The van der Waals surface area contributed by atoms with Crippen LogP contribution in [0.15, 0.2) is 71.7 Å². The van der Waals surface area contributed by atoms with Crippen LogP contribution in [0.5, 0.6) is 5.75 Å². The van der Waals surface area contributed by atoms with Crippen LogP contribution in [0.4, 0.5) is 19.0 Å². The van der Waals surface area contributed by atoms with Gasteiger partial charge in [0.05, 0.1) is 11.4 Å². The topological polar surface area (TPSA) is 112 Å². The Morgan fingerprint density at radius 2 is 1.69 bits per heavy atom. The molecule has 36 heavy (non-hydrogen) atoms. The minimum Gasteiger partial charge on any atom is -0.434 e. The number of anilines is 1. The lowest BCUT2D eigenvalue weighted by Crippen LogP contribution is -2.26. The van der Waals surface area contributed by atoms with Crippen LogP contribution in [-0.4, -0.2) is 27.1 Å². The number of carbonyl (C=O) groups is 1. The summed E-state index contributed by atoms with van der Waals surface area (Å²) in [5.41, 5.74) is 7.39. The number of nitrogens with one attached hydrogen (secondary N) is 1. The highest BCUT2D eigenvalue weighted by Crippen LogP contribution is 2.30. The Morgan fingerprint density at radius 1 is 1.03 bits per heavy atom. The lowest BCUT2D eigenvalue weighted by molar-refractivity contribution is -0.0504. The molecule has 0 aliphatic heterocycles. The molecule has 2 aromatic heterocycles. The third kappa shape index (κ3) is 5.35. The fourth-order valence-electron chi connectivity index (χ4n) is 3.48. The van der Waals surface area contributed by atoms with E-state index in [1.165, 1.54) is 65.4 Å². The number of rotatable bonds is 7. The van der Waals surface area contributed by atoms with E-state index in [1.807, 2.05) is 0 Å². The van der Waals surface area contributed by atoms with Gasteiger partial charge in [0.1, 0.15) is 11.6 Å². The number of aryl methyl sites for hydroxylation is 1. The maximum Gasteiger partial charge on any atom is 0.387 e. The average molecular weight is 495 g/mol. The van der Waals surface area contributed by atoms with Crippen molar-refractivity contribution < 1.29 is 22.7 Å². The van der Waals surface area contributed by atoms with Crippen molar-refractivity contribution in [1.29, 1.82) is 0 Å². The van der Waals surface area contributed by atoms with Gasteiger partial charge < -0.3 is 20.4 Å². The third-order valence-corrected chi connectivity index (χ3v) is 5.24. The molecule has 0 aliphatic rings. The molecule has 0 fully saturated rings. The van der Waals surface area contributed by atoms with Gasteiger partial charge in [0.15, 0.2) is 11.5 Å². The van der Waals surface area contributed by atoms with E-state index in [0.29, 0.717) is 16.7 Å². The van der Waals surface area contributed by atoms with Crippen LogP contribution in [-0.2, 0) is 13.6 Å². The molecule has 3 N–H and O–H groups in total. The molecule has 2 heterocycles. The zero-order valence-electron chi connectivity index (χ0n) is 18.9. The predicted molar refractivity (Wildman–Crippen MR) is 127 cm³/mol. The molecule has 0 atom stereocenters. The molecular formula is C25H20F3N5O3. The van der Waals surface area contributed by atoms with Crippen molar-refractivity contribution in [3.05, 3.63) is 94.3 Å². The standard InChI is InChI=1S/C25H20F3N5O3/c1-33-13-16(8-11-19(33)34)21-20(14-6-9-17(26)10-7-14)32-23(29)22(31-21)24(35)30-12-15-4-2-3-5-18(15)36-25(27)28/h2-11,13,25H,12H2,1H3,(H2,29,32)(H,30,35). The summed E-state index contributed by atoms with van der Waals surface area (Å²) in [6, 6.07) is 14.4. The Labute approximate surface area is 203 Å². The molecule has 1 amide bonds. The average Bonchev–Trinajstić information content (AvgIpc) is 2.85. The molecule has 0 saturated heterocycles. The molecule has 11 heteroatoms. The number of nitrogen functional groups attached to an aromatic ring is 1. The molecule has 4 rings (SSSR count). The smallest absolute Gasteiger partial charge is 0.387 e. The van der Waals surface area contributed by atoms with Crippen LogP contribution in [0.25, 0.3) is 22.5 Å². The number of benzene rings is 2. The van der Waals surface area contributed by atoms with Crippen molar-refractivity contribution in [2.75, 3.05) is 5.73 Å². The van der Waals surface area contributed by atoms with Gasteiger partial charge in [-0.3, -0.25) is 9.59 Å². The van der Waals surface area contributed by atoms with Crippen molar-refractivity contribution in [1.82, 2.24) is 19.9 Å². The first-order valence-electron chi connectivity index (χ1n) is 10.6. The van der Waals surface area contributed by atoms with Crippen LogP contribution < -0.4 is 21.3 Å². The Balaban J connectivity index is 1.72. The SMILES string of the molecule is Cn1cc(-c2nc(C(=O)NCc3ccccc3OC(F)F)c(N)nc2-c2ccc(F)cc2)ccc1=O. The Bertz CT molecular complexity index is 1470. The zero-order chi connectivity index (χ0) is 25.8. The molecule has 0 aliphatic carbocycles. The first-order chi connectivity index (χ1) is 17.2.